The summed E-state index contributed by atoms with van der Waals surface area (Å²) >= 11 is 0. The van der Waals surface area contributed by atoms with Crippen molar-refractivity contribution in [1.29, 1.82) is 0 Å². The topological polar surface area (TPSA) is 81.7 Å². The Morgan fingerprint density at radius 3 is 2.39 bits per heavy atom. The highest BCUT2D eigenvalue weighted by atomic mass is 19.1. The number of hydrogen-bond acceptors (Lipinski definition) is 5. The third kappa shape index (κ3) is 6.29. The Morgan fingerprint density at radius 1 is 1.06 bits per heavy atom. The van der Waals surface area contributed by atoms with Crippen molar-refractivity contribution in [3.63, 3.8) is 0 Å². The standard InChI is InChI=1S/C28H33FN2O5/c1-28(2,3)36-27(34)30-25(20-8-5-4-6-9-20)26(33)35-24-18-31(14-12-19(24)13-15-31)17-23(32)21-10-7-11-22(29)16-21/h4-11,16,19,24-25H,12-15,17-18H2,1-3H3/p+1. The average molecular weight is 498 g/mol. The Kier molecular flexibility index (Phi) is 7.45. The molecule has 0 aliphatic carbocycles. The summed E-state index contributed by atoms with van der Waals surface area (Å²) in [5, 5.41) is 2.66. The van der Waals surface area contributed by atoms with E-state index in [1.54, 1.807) is 51.1 Å². The van der Waals surface area contributed by atoms with Gasteiger partial charge in [0.25, 0.3) is 0 Å². The lowest BCUT2D eigenvalue weighted by molar-refractivity contribution is -0.938. The van der Waals surface area contributed by atoms with Crippen molar-refractivity contribution in [2.75, 3.05) is 26.2 Å². The van der Waals surface area contributed by atoms with Crippen LogP contribution >= 0.6 is 0 Å². The van der Waals surface area contributed by atoms with Gasteiger partial charge in [-0.15, -0.1) is 0 Å². The normalized spacial score (nSPS) is 24.0. The number of piperidine rings is 3. The van der Waals surface area contributed by atoms with Crippen LogP contribution in [0.5, 0.6) is 0 Å². The van der Waals surface area contributed by atoms with Crippen LogP contribution in [0.4, 0.5) is 9.18 Å². The fraction of sp³-hybridized carbons (Fsp3) is 0.464. The summed E-state index contributed by atoms with van der Waals surface area (Å²) in [6, 6.07) is 13.7. The van der Waals surface area contributed by atoms with Crippen LogP contribution in [0.1, 0.15) is 55.6 Å². The number of carbonyl (C=O) groups is 3. The third-order valence-electron chi connectivity index (χ3n) is 6.96. The molecule has 2 unspecified atom stereocenters. The third-order valence-corrected chi connectivity index (χ3v) is 6.96. The molecule has 192 valence electrons. The number of halogens is 1. The van der Waals surface area contributed by atoms with Crippen LogP contribution in [0.15, 0.2) is 54.6 Å². The molecule has 5 rings (SSSR count). The molecule has 3 aliphatic rings. The highest BCUT2D eigenvalue weighted by molar-refractivity contribution is 5.97. The number of esters is 1. The maximum absolute atomic E-state index is 13.6. The van der Waals surface area contributed by atoms with Crippen LogP contribution < -0.4 is 5.32 Å². The summed E-state index contributed by atoms with van der Waals surface area (Å²) in [6.07, 6.45) is 0.603. The fourth-order valence-electron chi connectivity index (χ4n) is 5.20. The largest absolute Gasteiger partial charge is 0.454 e. The van der Waals surface area contributed by atoms with Gasteiger partial charge < -0.3 is 19.3 Å². The minimum Gasteiger partial charge on any atom is -0.454 e. The molecule has 2 atom stereocenters. The number of ketones is 1. The Labute approximate surface area is 211 Å². The number of rotatable bonds is 7. The molecule has 2 aromatic rings. The fourth-order valence-corrected chi connectivity index (χ4v) is 5.20. The number of hydrogen-bond donors (Lipinski definition) is 1. The lowest BCUT2D eigenvalue weighted by Gasteiger charge is -2.51. The van der Waals surface area contributed by atoms with Crippen LogP contribution in [0.3, 0.4) is 0 Å². The lowest BCUT2D eigenvalue weighted by Crippen LogP contribution is -2.66. The smallest absolute Gasteiger partial charge is 0.408 e. The molecule has 0 aromatic heterocycles. The molecular formula is C28H34FN2O5+. The summed E-state index contributed by atoms with van der Waals surface area (Å²) < 4.78 is 25.5. The first kappa shape index (κ1) is 25.8. The molecule has 0 spiro atoms. The molecule has 2 bridgehead atoms. The van der Waals surface area contributed by atoms with Gasteiger partial charge in [-0.1, -0.05) is 42.5 Å². The van der Waals surface area contributed by atoms with Gasteiger partial charge in [-0.3, -0.25) is 4.79 Å². The number of amides is 1. The summed E-state index contributed by atoms with van der Waals surface area (Å²) in [4.78, 5) is 38.8. The Morgan fingerprint density at radius 2 is 1.75 bits per heavy atom. The minimum atomic E-state index is -1.01. The number of alkyl carbamates (subject to hydrolysis) is 1. The van der Waals surface area contributed by atoms with Crippen molar-refractivity contribution >= 4 is 17.8 Å². The van der Waals surface area contributed by atoms with Crippen LogP contribution in [0.25, 0.3) is 0 Å². The van der Waals surface area contributed by atoms with Gasteiger partial charge in [0.05, 0.1) is 13.1 Å². The van der Waals surface area contributed by atoms with Crippen molar-refractivity contribution in [2.24, 2.45) is 5.92 Å². The van der Waals surface area contributed by atoms with Crippen molar-refractivity contribution in [3.05, 3.63) is 71.5 Å². The number of fused-ring (bicyclic) bond motifs is 3. The number of nitrogens with one attached hydrogen (secondary N) is 1. The molecule has 3 aliphatic heterocycles. The van der Waals surface area contributed by atoms with E-state index in [1.807, 2.05) is 6.07 Å². The quantitative estimate of drug-likeness (QED) is 0.348. The zero-order chi connectivity index (χ0) is 25.9. The van der Waals surface area contributed by atoms with E-state index in [9.17, 15) is 18.8 Å². The predicted molar refractivity (Wildman–Crippen MR) is 132 cm³/mol. The highest BCUT2D eigenvalue weighted by Gasteiger charge is 2.49. The lowest BCUT2D eigenvalue weighted by atomic mass is 9.82. The van der Waals surface area contributed by atoms with E-state index in [4.69, 9.17) is 9.47 Å². The Hall–Kier alpha value is -3.26. The van der Waals surface area contributed by atoms with Gasteiger partial charge in [0.15, 0.2) is 12.1 Å². The Bertz CT molecular complexity index is 1110. The van der Waals surface area contributed by atoms with E-state index in [-0.39, 0.29) is 24.3 Å². The molecule has 1 amide bonds. The molecule has 3 saturated heterocycles. The van der Waals surface area contributed by atoms with Gasteiger partial charge in [0.2, 0.25) is 5.78 Å². The number of carbonyl (C=O) groups excluding carboxylic acids is 3. The number of nitrogens with zero attached hydrogens (tertiary/aromatic N) is 1. The molecule has 7 nitrogen and oxygen atoms in total. The first-order valence-electron chi connectivity index (χ1n) is 12.4. The van der Waals surface area contributed by atoms with E-state index in [0.717, 1.165) is 25.9 Å². The maximum Gasteiger partial charge on any atom is 0.408 e. The number of Topliss-reactive ketones (excluding diaryl/α,β-unsaturated/α-hetero) is 1. The van der Waals surface area contributed by atoms with E-state index in [0.29, 0.717) is 22.2 Å². The van der Waals surface area contributed by atoms with Crippen molar-refractivity contribution < 1.29 is 32.7 Å². The SMILES string of the molecule is CC(C)(C)OC(=O)NC(C(=O)OC1C[N+]2(CC(=O)c3cccc(F)c3)CCC1CC2)c1ccccc1. The van der Waals surface area contributed by atoms with Gasteiger partial charge in [-0.05, 0) is 38.5 Å². The predicted octanol–water partition coefficient (Wildman–Crippen LogP) is 4.43. The van der Waals surface area contributed by atoms with Gasteiger partial charge in [0.1, 0.15) is 24.5 Å². The number of ether oxygens (including phenoxy) is 2. The summed E-state index contributed by atoms with van der Waals surface area (Å²) in [5.74, 6) is -0.903. The van der Waals surface area contributed by atoms with Gasteiger partial charge in [0, 0.05) is 24.3 Å². The summed E-state index contributed by atoms with van der Waals surface area (Å²) in [6.45, 7) is 7.65. The minimum absolute atomic E-state index is 0.117. The molecular weight excluding hydrogens is 463 g/mol. The van der Waals surface area contributed by atoms with Crippen LogP contribution in [-0.2, 0) is 14.3 Å². The van der Waals surface area contributed by atoms with Gasteiger partial charge >= 0.3 is 12.1 Å². The van der Waals surface area contributed by atoms with Gasteiger partial charge in [-0.2, -0.15) is 0 Å². The van der Waals surface area contributed by atoms with Crippen molar-refractivity contribution in [2.45, 2.75) is 51.4 Å². The average Bonchev–Trinajstić information content (AvgIpc) is 2.82. The molecule has 0 saturated carbocycles. The van der Waals surface area contributed by atoms with E-state index in [2.05, 4.69) is 5.32 Å². The van der Waals surface area contributed by atoms with Crippen LogP contribution in [0, 0.1) is 11.7 Å². The highest BCUT2D eigenvalue weighted by Crippen LogP contribution is 2.36. The zero-order valence-electron chi connectivity index (χ0n) is 21.0. The van der Waals surface area contributed by atoms with E-state index >= 15 is 0 Å². The van der Waals surface area contributed by atoms with E-state index in [1.165, 1.54) is 18.2 Å². The van der Waals surface area contributed by atoms with Crippen LogP contribution in [-0.4, -0.2) is 60.2 Å². The Balaban J connectivity index is 1.47. The molecule has 8 heteroatoms. The van der Waals surface area contributed by atoms with Crippen molar-refractivity contribution in [3.8, 4) is 0 Å². The second-order valence-electron chi connectivity index (χ2n) is 10.9. The molecule has 3 fully saturated rings. The molecule has 1 N–H and O–H groups in total. The maximum atomic E-state index is 13.6. The van der Waals surface area contributed by atoms with Crippen molar-refractivity contribution in [1.82, 2.24) is 5.32 Å². The summed E-state index contributed by atoms with van der Waals surface area (Å²) in [5.41, 5.74) is 0.241. The monoisotopic (exact) mass is 497 g/mol. The molecule has 0 radical (unpaired) electrons. The van der Waals surface area contributed by atoms with Crippen LogP contribution in [0.2, 0.25) is 0 Å². The zero-order valence-corrected chi connectivity index (χ0v) is 21.0. The molecule has 2 aromatic carbocycles. The second kappa shape index (κ2) is 10.4. The van der Waals surface area contributed by atoms with E-state index < -0.39 is 29.5 Å². The number of benzene rings is 2. The first-order chi connectivity index (χ1) is 17.0. The molecule has 36 heavy (non-hydrogen) atoms. The number of quaternary nitrogens is 1. The molecule has 3 heterocycles. The summed E-state index contributed by atoms with van der Waals surface area (Å²) in [7, 11) is 0. The first-order valence-corrected chi connectivity index (χ1v) is 12.4. The van der Waals surface area contributed by atoms with Gasteiger partial charge in [-0.25, -0.2) is 14.0 Å². The second-order valence-corrected chi connectivity index (χ2v) is 10.9.